The van der Waals surface area contributed by atoms with Gasteiger partial charge in [0.25, 0.3) is 5.56 Å². The van der Waals surface area contributed by atoms with E-state index in [1.165, 1.54) is 23.2 Å². The number of anilines is 2. The fourth-order valence-electron chi connectivity index (χ4n) is 2.43. The van der Waals surface area contributed by atoms with Gasteiger partial charge in [-0.05, 0) is 24.3 Å². The van der Waals surface area contributed by atoms with Crippen LogP contribution in [0.15, 0.2) is 47.7 Å². The van der Waals surface area contributed by atoms with Crippen LogP contribution in [0.2, 0.25) is 0 Å². The number of rotatable bonds is 4. The fraction of sp³-hybridized carbons (Fsp3) is 0.312. The van der Waals surface area contributed by atoms with E-state index in [2.05, 4.69) is 15.2 Å². The van der Waals surface area contributed by atoms with E-state index in [-0.39, 0.29) is 18.0 Å². The zero-order valence-corrected chi connectivity index (χ0v) is 12.6. The minimum Gasteiger partial charge on any atom is -0.378 e. The molecule has 0 saturated carbocycles. The van der Waals surface area contributed by atoms with Crippen molar-refractivity contribution in [2.24, 2.45) is 0 Å². The Morgan fingerprint density at radius 3 is 2.61 bits per heavy atom. The molecule has 0 spiro atoms. The van der Waals surface area contributed by atoms with Crippen molar-refractivity contribution in [3.05, 3.63) is 53.2 Å². The second-order valence-corrected chi connectivity index (χ2v) is 5.24. The summed E-state index contributed by atoms with van der Waals surface area (Å²) in [5.41, 5.74) is 1.55. The number of carbonyl (C=O) groups is 1. The minimum absolute atomic E-state index is 0.0577. The van der Waals surface area contributed by atoms with Crippen LogP contribution in [0.1, 0.15) is 0 Å². The molecule has 7 nitrogen and oxygen atoms in total. The smallest absolute Gasteiger partial charge is 0.253 e. The van der Waals surface area contributed by atoms with E-state index in [1.807, 2.05) is 24.3 Å². The lowest BCUT2D eigenvalue weighted by molar-refractivity contribution is -0.116. The van der Waals surface area contributed by atoms with Gasteiger partial charge in [-0.3, -0.25) is 14.2 Å². The number of morpholine rings is 1. The number of aromatic nitrogens is 2. The molecule has 1 aliphatic rings. The number of benzene rings is 1. The zero-order valence-electron chi connectivity index (χ0n) is 12.6. The lowest BCUT2D eigenvalue weighted by Gasteiger charge is -2.28. The van der Waals surface area contributed by atoms with E-state index in [0.717, 1.165) is 32.0 Å². The first-order valence-corrected chi connectivity index (χ1v) is 7.45. The van der Waals surface area contributed by atoms with Crippen LogP contribution < -0.4 is 15.8 Å². The molecule has 1 N–H and O–H groups in total. The van der Waals surface area contributed by atoms with Crippen LogP contribution in [0, 0.1) is 0 Å². The minimum atomic E-state index is -0.265. The van der Waals surface area contributed by atoms with E-state index in [4.69, 9.17) is 4.74 Å². The third-order valence-corrected chi connectivity index (χ3v) is 3.63. The molecule has 0 bridgehead atoms. The average molecular weight is 314 g/mol. The molecule has 7 heteroatoms. The molecule has 2 heterocycles. The highest BCUT2D eigenvalue weighted by molar-refractivity contribution is 5.90. The monoisotopic (exact) mass is 314 g/mol. The van der Waals surface area contributed by atoms with Gasteiger partial charge in [0.15, 0.2) is 0 Å². The predicted octanol–water partition coefficient (Wildman–Crippen LogP) is 0.719. The van der Waals surface area contributed by atoms with Gasteiger partial charge in [-0.15, -0.1) is 0 Å². The first-order chi connectivity index (χ1) is 11.2. The normalized spacial score (nSPS) is 14.5. The number of hydrogen-bond donors (Lipinski definition) is 1. The first kappa shape index (κ1) is 15.2. The highest BCUT2D eigenvalue weighted by Gasteiger charge is 2.11. The molecule has 0 unspecified atom stereocenters. The lowest BCUT2D eigenvalue weighted by Crippen LogP contribution is -2.36. The van der Waals surface area contributed by atoms with Gasteiger partial charge in [0.1, 0.15) is 6.54 Å². The molecule has 3 rings (SSSR count). The molecule has 0 aliphatic carbocycles. The number of hydrogen-bond acceptors (Lipinski definition) is 5. The molecule has 1 fully saturated rings. The highest BCUT2D eigenvalue weighted by atomic mass is 16.5. The average Bonchev–Trinajstić information content (AvgIpc) is 2.58. The summed E-state index contributed by atoms with van der Waals surface area (Å²) >= 11 is 0. The van der Waals surface area contributed by atoms with Gasteiger partial charge in [-0.2, -0.15) is 0 Å². The number of nitrogens with one attached hydrogen (secondary N) is 1. The molecule has 0 radical (unpaired) electrons. The van der Waals surface area contributed by atoms with Gasteiger partial charge < -0.3 is 15.0 Å². The SMILES string of the molecule is O=C(Cn1cnccc1=O)Nc1ccc(N2CCOCC2)cc1. The molecular formula is C16H18N4O3. The van der Waals surface area contributed by atoms with Gasteiger partial charge in [0.2, 0.25) is 5.91 Å². The summed E-state index contributed by atoms with van der Waals surface area (Å²) < 4.78 is 6.59. The molecule has 0 atom stereocenters. The fourth-order valence-corrected chi connectivity index (χ4v) is 2.43. The van der Waals surface area contributed by atoms with E-state index >= 15 is 0 Å². The van der Waals surface area contributed by atoms with E-state index in [9.17, 15) is 9.59 Å². The Balaban J connectivity index is 1.60. The molecule has 1 aliphatic heterocycles. The van der Waals surface area contributed by atoms with Crippen molar-refractivity contribution in [3.8, 4) is 0 Å². The van der Waals surface area contributed by atoms with Gasteiger partial charge in [-0.25, -0.2) is 4.98 Å². The van der Waals surface area contributed by atoms with Crippen molar-refractivity contribution in [3.63, 3.8) is 0 Å². The topological polar surface area (TPSA) is 76.5 Å². The molecule has 1 amide bonds. The Morgan fingerprint density at radius 2 is 1.91 bits per heavy atom. The van der Waals surface area contributed by atoms with E-state index in [1.54, 1.807) is 0 Å². The van der Waals surface area contributed by atoms with Crippen molar-refractivity contribution in [2.45, 2.75) is 6.54 Å². The Hall–Kier alpha value is -2.67. The van der Waals surface area contributed by atoms with Crippen molar-refractivity contribution >= 4 is 17.3 Å². The van der Waals surface area contributed by atoms with Crippen molar-refractivity contribution in [1.82, 2.24) is 9.55 Å². The zero-order chi connectivity index (χ0) is 16.1. The third kappa shape index (κ3) is 3.95. The summed E-state index contributed by atoms with van der Waals surface area (Å²) in [4.78, 5) is 29.6. The van der Waals surface area contributed by atoms with Crippen LogP contribution in [-0.4, -0.2) is 41.8 Å². The molecule has 23 heavy (non-hydrogen) atoms. The lowest BCUT2D eigenvalue weighted by atomic mass is 10.2. The maximum absolute atomic E-state index is 12.0. The highest BCUT2D eigenvalue weighted by Crippen LogP contribution is 2.18. The van der Waals surface area contributed by atoms with Crippen molar-refractivity contribution in [1.29, 1.82) is 0 Å². The molecule has 120 valence electrons. The number of nitrogens with zero attached hydrogens (tertiary/aromatic N) is 3. The van der Waals surface area contributed by atoms with Crippen molar-refractivity contribution in [2.75, 3.05) is 36.5 Å². The van der Waals surface area contributed by atoms with Gasteiger partial charge >= 0.3 is 0 Å². The molecular weight excluding hydrogens is 296 g/mol. The quantitative estimate of drug-likeness (QED) is 0.900. The largest absolute Gasteiger partial charge is 0.378 e. The van der Waals surface area contributed by atoms with E-state index in [0.29, 0.717) is 5.69 Å². The van der Waals surface area contributed by atoms with Crippen LogP contribution in [0.4, 0.5) is 11.4 Å². The molecule has 2 aromatic rings. The van der Waals surface area contributed by atoms with Gasteiger partial charge in [0.05, 0.1) is 19.5 Å². The third-order valence-electron chi connectivity index (χ3n) is 3.63. The maximum Gasteiger partial charge on any atom is 0.253 e. The Labute approximate surface area is 133 Å². The van der Waals surface area contributed by atoms with Gasteiger partial charge in [-0.1, -0.05) is 0 Å². The first-order valence-electron chi connectivity index (χ1n) is 7.45. The second-order valence-electron chi connectivity index (χ2n) is 5.24. The molecule has 1 aromatic carbocycles. The number of amides is 1. The summed E-state index contributed by atoms with van der Waals surface area (Å²) in [6.07, 6.45) is 2.75. The summed E-state index contributed by atoms with van der Waals surface area (Å²) in [7, 11) is 0. The van der Waals surface area contributed by atoms with Crippen molar-refractivity contribution < 1.29 is 9.53 Å². The van der Waals surface area contributed by atoms with Crippen LogP contribution >= 0.6 is 0 Å². The predicted molar refractivity (Wildman–Crippen MR) is 86.6 cm³/mol. The summed E-state index contributed by atoms with van der Waals surface area (Å²) in [6, 6.07) is 8.97. The Morgan fingerprint density at radius 1 is 1.17 bits per heavy atom. The maximum atomic E-state index is 12.0. The van der Waals surface area contributed by atoms with Crippen LogP contribution in [0.3, 0.4) is 0 Å². The Bertz CT molecular complexity index is 721. The summed E-state index contributed by atoms with van der Waals surface area (Å²) in [5, 5.41) is 2.78. The standard InChI is InChI=1S/C16H18N4O3/c21-15(11-20-12-17-6-5-16(20)22)18-13-1-3-14(4-2-13)19-7-9-23-10-8-19/h1-6,12H,7-11H2,(H,18,21). The Kier molecular flexibility index (Phi) is 4.68. The van der Waals surface area contributed by atoms with E-state index < -0.39 is 0 Å². The van der Waals surface area contributed by atoms with Gasteiger partial charge in [0, 0.05) is 36.7 Å². The molecule has 1 aromatic heterocycles. The van der Waals surface area contributed by atoms with Crippen LogP contribution in [0.25, 0.3) is 0 Å². The number of ether oxygens (including phenoxy) is 1. The summed E-state index contributed by atoms with van der Waals surface area (Å²) in [6.45, 7) is 3.15. The van der Waals surface area contributed by atoms with Crippen LogP contribution in [-0.2, 0) is 16.1 Å². The summed E-state index contributed by atoms with van der Waals surface area (Å²) in [5.74, 6) is -0.265. The van der Waals surface area contributed by atoms with Crippen LogP contribution in [0.5, 0.6) is 0 Å². The second kappa shape index (κ2) is 7.06. The number of carbonyl (C=O) groups excluding carboxylic acids is 1. The molecule has 1 saturated heterocycles.